The van der Waals surface area contributed by atoms with E-state index in [9.17, 15) is 18.0 Å². The van der Waals surface area contributed by atoms with Gasteiger partial charge in [-0.15, -0.1) is 0 Å². The molecule has 1 aromatic rings. The first-order valence-corrected chi connectivity index (χ1v) is 9.05. The summed E-state index contributed by atoms with van der Waals surface area (Å²) >= 11 is 0. The molecule has 8 heteroatoms. The minimum atomic E-state index is -3.48. The first-order valence-electron chi connectivity index (χ1n) is 7.57. The van der Waals surface area contributed by atoms with Gasteiger partial charge in [-0.3, -0.25) is 9.59 Å². The molecule has 0 saturated carbocycles. The van der Waals surface area contributed by atoms with Crippen molar-refractivity contribution < 1.29 is 23.1 Å². The number of hydrogen-bond donors (Lipinski definition) is 2. The lowest BCUT2D eigenvalue weighted by atomic mass is 9.98. The minimum absolute atomic E-state index is 0.147. The van der Waals surface area contributed by atoms with Gasteiger partial charge in [0, 0.05) is 19.2 Å². The normalized spacial score (nSPS) is 18.7. The SMILES string of the molecule is CNS(=O)(=O)c1ccc(C=CC(=O)N2CCCC(C(=O)O)C2)cc1. The Labute approximate surface area is 141 Å². The summed E-state index contributed by atoms with van der Waals surface area (Å²) in [5.41, 5.74) is 0.685. The third kappa shape index (κ3) is 4.42. The second kappa shape index (κ2) is 7.59. The molecule has 24 heavy (non-hydrogen) atoms. The van der Waals surface area contributed by atoms with Crippen LogP contribution in [0.25, 0.3) is 6.08 Å². The van der Waals surface area contributed by atoms with Gasteiger partial charge in [-0.05, 0) is 43.7 Å². The fraction of sp³-hybridized carbons (Fsp3) is 0.375. The molecule has 1 heterocycles. The van der Waals surface area contributed by atoms with Crippen molar-refractivity contribution in [3.63, 3.8) is 0 Å². The highest BCUT2D eigenvalue weighted by Crippen LogP contribution is 2.17. The second-order valence-electron chi connectivity index (χ2n) is 5.57. The molecule has 1 atom stereocenters. The molecule has 1 amide bonds. The average molecular weight is 352 g/mol. The number of piperidine rings is 1. The van der Waals surface area contributed by atoms with Gasteiger partial charge in [0.1, 0.15) is 0 Å². The summed E-state index contributed by atoms with van der Waals surface area (Å²) in [6.07, 6.45) is 4.23. The third-order valence-electron chi connectivity index (χ3n) is 3.96. The maximum absolute atomic E-state index is 12.2. The standard InChI is InChI=1S/C16H20N2O5S/c1-17-24(22,23)14-7-4-12(5-8-14)6-9-15(19)18-10-2-3-13(11-18)16(20)21/h4-9,13,17H,2-3,10-11H2,1H3,(H,20,21). The lowest BCUT2D eigenvalue weighted by Crippen LogP contribution is -2.41. The number of likely N-dealkylation sites (tertiary alicyclic amines) is 1. The van der Waals surface area contributed by atoms with Crippen LogP contribution in [0.2, 0.25) is 0 Å². The molecule has 2 rings (SSSR count). The van der Waals surface area contributed by atoms with E-state index >= 15 is 0 Å². The van der Waals surface area contributed by atoms with Crippen molar-refractivity contribution in [2.45, 2.75) is 17.7 Å². The first-order chi connectivity index (χ1) is 11.3. The highest BCUT2D eigenvalue weighted by atomic mass is 32.2. The molecule has 0 radical (unpaired) electrons. The molecule has 1 aliphatic rings. The molecule has 0 aliphatic carbocycles. The Morgan fingerprint density at radius 2 is 1.96 bits per heavy atom. The summed E-state index contributed by atoms with van der Waals surface area (Å²) in [6.45, 7) is 0.768. The summed E-state index contributed by atoms with van der Waals surface area (Å²) in [4.78, 5) is 24.9. The number of carboxylic acids is 1. The molecule has 0 spiro atoms. The molecule has 1 aliphatic heterocycles. The number of nitrogens with zero attached hydrogens (tertiary/aromatic N) is 1. The van der Waals surface area contributed by atoms with Crippen LogP contribution in [0, 0.1) is 5.92 Å². The summed E-state index contributed by atoms with van der Waals surface area (Å²) in [7, 11) is -2.14. The Morgan fingerprint density at radius 1 is 1.29 bits per heavy atom. The van der Waals surface area contributed by atoms with Crippen LogP contribution in [0.4, 0.5) is 0 Å². The Hall–Kier alpha value is -2.19. The van der Waals surface area contributed by atoms with Crippen molar-refractivity contribution in [1.82, 2.24) is 9.62 Å². The van der Waals surface area contributed by atoms with Gasteiger partial charge in [0.25, 0.3) is 0 Å². The van der Waals surface area contributed by atoms with Crippen molar-refractivity contribution in [3.05, 3.63) is 35.9 Å². The molecular formula is C16H20N2O5S. The van der Waals surface area contributed by atoms with E-state index in [1.807, 2.05) is 0 Å². The summed E-state index contributed by atoms with van der Waals surface area (Å²) < 4.78 is 25.5. The fourth-order valence-electron chi connectivity index (χ4n) is 2.53. The Balaban J connectivity index is 2.02. The topological polar surface area (TPSA) is 104 Å². The van der Waals surface area contributed by atoms with Gasteiger partial charge < -0.3 is 10.0 Å². The van der Waals surface area contributed by atoms with Crippen molar-refractivity contribution >= 4 is 28.0 Å². The van der Waals surface area contributed by atoms with E-state index in [-0.39, 0.29) is 17.3 Å². The summed E-state index contributed by atoms with van der Waals surface area (Å²) in [6, 6.07) is 6.11. The van der Waals surface area contributed by atoms with Crippen molar-refractivity contribution in [3.8, 4) is 0 Å². The quantitative estimate of drug-likeness (QED) is 0.767. The molecule has 0 aromatic heterocycles. The van der Waals surface area contributed by atoms with Gasteiger partial charge in [-0.1, -0.05) is 12.1 Å². The van der Waals surface area contributed by atoms with Crippen LogP contribution in [-0.2, 0) is 19.6 Å². The first kappa shape index (κ1) is 18.2. The molecule has 1 aromatic carbocycles. The van der Waals surface area contributed by atoms with Crippen molar-refractivity contribution in [1.29, 1.82) is 0 Å². The highest BCUT2D eigenvalue weighted by Gasteiger charge is 2.27. The van der Waals surface area contributed by atoms with Gasteiger partial charge >= 0.3 is 5.97 Å². The smallest absolute Gasteiger partial charge is 0.308 e. The lowest BCUT2D eigenvalue weighted by Gasteiger charge is -2.29. The number of benzene rings is 1. The maximum Gasteiger partial charge on any atom is 0.308 e. The lowest BCUT2D eigenvalue weighted by molar-refractivity contribution is -0.144. The van der Waals surface area contributed by atoms with E-state index in [1.165, 1.54) is 30.2 Å². The number of carbonyl (C=O) groups excluding carboxylic acids is 1. The number of sulfonamides is 1. The van der Waals surface area contributed by atoms with Gasteiger partial charge in [0.2, 0.25) is 15.9 Å². The van der Waals surface area contributed by atoms with Crippen LogP contribution in [0.5, 0.6) is 0 Å². The predicted octanol–water partition coefficient (Wildman–Crippen LogP) is 0.931. The largest absolute Gasteiger partial charge is 0.481 e. The molecule has 1 saturated heterocycles. The molecule has 130 valence electrons. The highest BCUT2D eigenvalue weighted by molar-refractivity contribution is 7.89. The molecule has 2 N–H and O–H groups in total. The zero-order valence-electron chi connectivity index (χ0n) is 13.3. The van der Waals surface area contributed by atoms with Crippen LogP contribution in [0.3, 0.4) is 0 Å². The number of hydrogen-bond acceptors (Lipinski definition) is 4. The number of amides is 1. The Morgan fingerprint density at radius 3 is 2.54 bits per heavy atom. The second-order valence-corrected chi connectivity index (χ2v) is 7.46. The summed E-state index contributed by atoms with van der Waals surface area (Å²) in [5, 5.41) is 9.05. The van der Waals surface area contributed by atoms with E-state index < -0.39 is 21.9 Å². The van der Waals surface area contributed by atoms with E-state index in [0.717, 1.165) is 0 Å². The number of carboxylic acid groups (broad SMARTS) is 1. The Bertz CT molecular complexity index is 740. The molecule has 0 bridgehead atoms. The molecule has 7 nitrogen and oxygen atoms in total. The third-order valence-corrected chi connectivity index (χ3v) is 5.39. The Kier molecular flexibility index (Phi) is 5.74. The van der Waals surface area contributed by atoms with Crippen LogP contribution < -0.4 is 4.72 Å². The zero-order valence-corrected chi connectivity index (χ0v) is 14.1. The zero-order chi connectivity index (χ0) is 17.7. The average Bonchev–Trinajstić information content (AvgIpc) is 2.60. The minimum Gasteiger partial charge on any atom is -0.481 e. The number of aliphatic carboxylic acids is 1. The number of rotatable bonds is 5. The van der Waals surface area contributed by atoms with Crippen molar-refractivity contribution in [2.24, 2.45) is 5.92 Å². The molecule has 1 fully saturated rings. The van der Waals surface area contributed by atoms with Gasteiger partial charge in [-0.25, -0.2) is 13.1 Å². The number of nitrogens with one attached hydrogen (secondary N) is 1. The van der Waals surface area contributed by atoms with Crippen LogP contribution in [0.15, 0.2) is 35.2 Å². The van der Waals surface area contributed by atoms with E-state index in [4.69, 9.17) is 5.11 Å². The predicted molar refractivity (Wildman–Crippen MR) is 88.7 cm³/mol. The van der Waals surface area contributed by atoms with E-state index in [0.29, 0.717) is 24.9 Å². The van der Waals surface area contributed by atoms with Crippen molar-refractivity contribution in [2.75, 3.05) is 20.1 Å². The van der Waals surface area contributed by atoms with Crippen LogP contribution >= 0.6 is 0 Å². The number of carbonyl (C=O) groups is 2. The van der Waals surface area contributed by atoms with Gasteiger partial charge in [0.05, 0.1) is 10.8 Å². The van der Waals surface area contributed by atoms with E-state index in [1.54, 1.807) is 18.2 Å². The maximum atomic E-state index is 12.2. The van der Waals surface area contributed by atoms with E-state index in [2.05, 4.69) is 4.72 Å². The van der Waals surface area contributed by atoms with Crippen LogP contribution in [0.1, 0.15) is 18.4 Å². The monoisotopic (exact) mass is 352 g/mol. The molecular weight excluding hydrogens is 332 g/mol. The van der Waals surface area contributed by atoms with Gasteiger partial charge in [0.15, 0.2) is 0 Å². The summed E-state index contributed by atoms with van der Waals surface area (Å²) in [5.74, 6) is -1.63. The van der Waals surface area contributed by atoms with Gasteiger partial charge in [-0.2, -0.15) is 0 Å². The fourth-order valence-corrected chi connectivity index (χ4v) is 3.26. The molecule has 1 unspecified atom stereocenters. The van der Waals surface area contributed by atoms with Crippen LogP contribution in [-0.4, -0.2) is 50.4 Å².